The molecule has 0 saturated carbocycles. The first-order valence-corrected chi connectivity index (χ1v) is 7.02. The molecule has 19 heavy (non-hydrogen) atoms. The van der Waals surface area contributed by atoms with Gasteiger partial charge in [0, 0.05) is 13.1 Å². The van der Waals surface area contributed by atoms with Crippen LogP contribution in [0.25, 0.3) is 0 Å². The van der Waals surface area contributed by atoms with Gasteiger partial charge in [0.15, 0.2) is 0 Å². The molecule has 1 N–H and O–H groups in total. The molecule has 1 unspecified atom stereocenters. The molecule has 1 aliphatic rings. The second-order valence-corrected chi connectivity index (χ2v) is 6.08. The molecule has 1 saturated heterocycles. The van der Waals surface area contributed by atoms with Crippen molar-refractivity contribution in [2.24, 2.45) is 0 Å². The van der Waals surface area contributed by atoms with Crippen LogP contribution < -0.4 is 5.32 Å². The summed E-state index contributed by atoms with van der Waals surface area (Å²) in [6.45, 7) is 9.00. The molecule has 0 aliphatic carbocycles. The Morgan fingerprint density at radius 2 is 1.79 bits per heavy atom. The lowest BCUT2D eigenvalue weighted by Crippen LogP contribution is -2.49. The van der Waals surface area contributed by atoms with Crippen LogP contribution in [-0.4, -0.2) is 48.1 Å². The van der Waals surface area contributed by atoms with Crippen LogP contribution >= 0.6 is 0 Å². The number of hydrogen-bond donors (Lipinski definition) is 1. The third-order valence-corrected chi connectivity index (χ3v) is 3.05. The van der Waals surface area contributed by atoms with Gasteiger partial charge in [-0.3, -0.25) is 9.59 Å². The van der Waals surface area contributed by atoms with Gasteiger partial charge in [-0.1, -0.05) is 0 Å². The Bertz CT molecular complexity index is 317. The average molecular weight is 270 g/mol. The molecule has 0 radical (unpaired) electrons. The summed E-state index contributed by atoms with van der Waals surface area (Å²) in [7, 11) is 0. The largest absolute Gasteiger partial charge is 0.366 e. The van der Waals surface area contributed by atoms with Crippen LogP contribution in [0.15, 0.2) is 0 Å². The Morgan fingerprint density at radius 3 is 2.32 bits per heavy atom. The molecule has 0 aromatic carbocycles. The number of piperidine rings is 1. The molecule has 1 atom stereocenters. The Balaban J connectivity index is 2.34. The maximum absolute atomic E-state index is 12.1. The first-order chi connectivity index (χ1) is 8.79. The van der Waals surface area contributed by atoms with Gasteiger partial charge in [-0.05, 0) is 47.0 Å². The second kappa shape index (κ2) is 6.89. The third-order valence-electron chi connectivity index (χ3n) is 3.05. The molecule has 0 bridgehead atoms. The van der Waals surface area contributed by atoms with Gasteiger partial charge in [-0.2, -0.15) is 0 Å². The lowest BCUT2D eigenvalue weighted by atomic mass is 10.1. The molecular weight excluding hydrogens is 244 g/mol. The van der Waals surface area contributed by atoms with Gasteiger partial charge in [0.05, 0.1) is 5.60 Å². The van der Waals surface area contributed by atoms with E-state index in [2.05, 4.69) is 5.32 Å². The standard InChI is InChI=1S/C14H26N2O3/c1-11(13(18)16-8-6-5-7-9-16)15-12(17)10-19-14(2,3)4/h11H,5-10H2,1-4H3,(H,15,17). The number of hydrogen-bond acceptors (Lipinski definition) is 3. The molecule has 5 nitrogen and oxygen atoms in total. The van der Waals surface area contributed by atoms with E-state index < -0.39 is 6.04 Å². The van der Waals surface area contributed by atoms with E-state index in [1.165, 1.54) is 6.42 Å². The van der Waals surface area contributed by atoms with Crippen molar-refractivity contribution in [3.05, 3.63) is 0 Å². The highest BCUT2D eigenvalue weighted by molar-refractivity contribution is 5.87. The molecule has 1 fully saturated rings. The lowest BCUT2D eigenvalue weighted by Gasteiger charge is -2.29. The molecule has 0 aromatic heterocycles. The van der Waals surface area contributed by atoms with Crippen LogP contribution in [0.5, 0.6) is 0 Å². The molecule has 0 aromatic rings. The summed E-state index contributed by atoms with van der Waals surface area (Å²) in [6, 6.07) is -0.478. The SMILES string of the molecule is CC(NC(=O)COC(C)(C)C)C(=O)N1CCCCC1. The van der Waals surface area contributed by atoms with E-state index in [0.717, 1.165) is 25.9 Å². The maximum atomic E-state index is 12.1. The fraction of sp³-hybridized carbons (Fsp3) is 0.857. The summed E-state index contributed by atoms with van der Waals surface area (Å²) in [5.41, 5.74) is -0.350. The highest BCUT2D eigenvalue weighted by Gasteiger charge is 2.23. The van der Waals surface area contributed by atoms with Gasteiger partial charge >= 0.3 is 0 Å². The van der Waals surface area contributed by atoms with Crippen LogP contribution in [0.2, 0.25) is 0 Å². The number of nitrogens with zero attached hydrogens (tertiary/aromatic N) is 1. The predicted octanol–water partition coefficient (Wildman–Crippen LogP) is 1.32. The van der Waals surface area contributed by atoms with E-state index in [1.54, 1.807) is 6.92 Å². The summed E-state index contributed by atoms with van der Waals surface area (Å²) in [6.07, 6.45) is 3.29. The van der Waals surface area contributed by atoms with Gasteiger partial charge in [-0.15, -0.1) is 0 Å². The minimum Gasteiger partial charge on any atom is -0.366 e. The number of carbonyl (C=O) groups is 2. The number of carbonyl (C=O) groups excluding carboxylic acids is 2. The van der Waals surface area contributed by atoms with Gasteiger partial charge in [0.2, 0.25) is 11.8 Å². The van der Waals surface area contributed by atoms with E-state index in [9.17, 15) is 9.59 Å². The van der Waals surface area contributed by atoms with Gasteiger partial charge in [0.1, 0.15) is 12.6 Å². The van der Waals surface area contributed by atoms with E-state index in [-0.39, 0.29) is 24.0 Å². The highest BCUT2D eigenvalue weighted by Crippen LogP contribution is 2.10. The van der Waals surface area contributed by atoms with E-state index in [4.69, 9.17) is 4.74 Å². The fourth-order valence-electron chi connectivity index (χ4n) is 2.02. The normalized spacial score (nSPS) is 18.0. The summed E-state index contributed by atoms with van der Waals surface area (Å²) in [5, 5.41) is 2.69. The zero-order chi connectivity index (χ0) is 14.5. The lowest BCUT2D eigenvalue weighted by molar-refractivity contribution is -0.139. The molecule has 2 amide bonds. The van der Waals surface area contributed by atoms with Crippen molar-refractivity contribution in [2.45, 2.75) is 58.6 Å². The van der Waals surface area contributed by atoms with Crippen molar-refractivity contribution in [1.29, 1.82) is 0 Å². The van der Waals surface area contributed by atoms with Crippen LogP contribution in [0.4, 0.5) is 0 Å². The molecule has 5 heteroatoms. The van der Waals surface area contributed by atoms with E-state index in [1.807, 2.05) is 25.7 Å². The highest BCUT2D eigenvalue weighted by atomic mass is 16.5. The van der Waals surface area contributed by atoms with Crippen molar-refractivity contribution < 1.29 is 14.3 Å². The Labute approximate surface area is 115 Å². The quantitative estimate of drug-likeness (QED) is 0.838. The molecule has 1 aliphatic heterocycles. The van der Waals surface area contributed by atoms with Crippen molar-refractivity contribution in [3.8, 4) is 0 Å². The molecule has 1 heterocycles. The topological polar surface area (TPSA) is 58.6 Å². The van der Waals surface area contributed by atoms with E-state index in [0.29, 0.717) is 0 Å². The van der Waals surface area contributed by atoms with Gasteiger partial charge < -0.3 is 15.0 Å². The van der Waals surface area contributed by atoms with Crippen LogP contribution in [0, 0.1) is 0 Å². The minimum atomic E-state index is -0.478. The van der Waals surface area contributed by atoms with Crippen molar-refractivity contribution >= 4 is 11.8 Å². The summed E-state index contributed by atoms with van der Waals surface area (Å²) < 4.78 is 5.38. The number of rotatable bonds is 4. The Kier molecular flexibility index (Phi) is 5.79. The van der Waals surface area contributed by atoms with Crippen LogP contribution in [0.3, 0.4) is 0 Å². The fourth-order valence-corrected chi connectivity index (χ4v) is 2.02. The van der Waals surface area contributed by atoms with Crippen LogP contribution in [-0.2, 0) is 14.3 Å². The smallest absolute Gasteiger partial charge is 0.246 e. The summed E-state index contributed by atoms with van der Waals surface area (Å²) in [5.74, 6) is -0.239. The maximum Gasteiger partial charge on any atom is 0.246 e. The number of ether oxygens (including phenoxy) is 1. The minimum absolute atomic E-state index is 0.00353. The molecule has 1 rings (SSSR count). The zero-order valence-electron chi connectivity index (χ0n) is 12.5. The van der Waals surface area contributed by atoms with Crippen molar-refractivity contribution in [3.63, 3.8) is 0 Å². The first kappa shape index (κ1) is 16.0. The predicted molar refractivity (Wildman–Crippen MR) is 73.7 cm³/mol. The zero-order valence-corrected chi connectivity index (χ0v) is 12.5. The van der Waals surface area contributed by atoms with Crippen molar-refractivity contribution in [1.82, 2.24) is 10.2 Å². The van der Waals surface area contributed by atoms with Gasteiger partial charge in [-0.25, -0.2) is 0 Å². The third kappa shape index (κ3) is 6.05. The molecule has 110 valence electrons. The Morgan fingerprint density at radius 1 is 1.21 bits per heavy atom. The van der Waals surface area contributed by atoms with Gasteiger partial charge in [0.25, 0.3) is 0 Å². The summed E-state index contributed by atoms with van der Waals surface area (Å²) >= 11 is 0. The first-order valence-electron chi connectivity index (χ1n) is 7.02. The Hall–Kier alpha value is -1.10. The van der Waals surface area contributed by atoms with Crippen molar-refractivity contribution in [2.75, 3.05) is 19.7 Å². The number of likely N-dealkylation sites (tertiary alicyclic amines) is 1. The van der Waals surface area contributed by atoms with E-state index >= 15 is 0 Å². The summed E-state index contributed by atoms with van der Waals surface area (Å²) in [4.78, 5) is 25.6. The average Bonchev–Trinajstić information content (AvgIpc) is 2.35. The second-order valence-electron chi connectivity index (χ2n) is 6.08. The van der Waals surface area contributed by atoms with Crippen LogP contribution in [0.1, 0.15) is 47.0 Å². The molecular formula is C14H26N2O3. The number of amides is 2. The monoisotopic (exact) mass is 270 g/mol. The number of nitrogens with one attached hydrogen (secondary N) is 1. The molecule has 0 spiro atoms.